The Morgan fingerprint density at radius 3 is 2.22 bits per heavy atom. The van der Waals surface area contributed by atoms with Crippen molar-refractivity contribution in [1.29, 1.82) is 0 Å². The lowest BCUT2D eigenvalue weighted by molar-refractivity contribution is -0.117. The van der Waals surface area contributed by atoms with E-state index in [0.29, 0.717) is 11.5 Å². The summed E-state index contributed by atoms with van der Waals surface area (Å²) in [6.45, 7) is 1.95. The average molecular weight is 311 g/mol. The number of hydrogen-bond donors (Lipinski definition) is 1. The van der Waals surface area contributed by atoms with Crippen LogP contribution in [0, 0.1) is 0 Å². The zero-order chi connectivity index (χ0) is 16.7. The van der Waals surface area contributed by atoms with Crippen molar-refractivity contribution in [2.24, 2.45) is 0 Å². The maximum atomic E-state index is 12.0. The molecule has 0 heterocycles. The quantitative estimate of drug-likeness (QED) is 0.829. The fraction of sp³-hybridized carbons (Fsp3) is 0.211. The molecule has 2 aromatic rings. The predicted molar refractivity (Wildman–Crippen MR) is 91.6 cm³/mol. The van der Waals surface area contributed by atoms with E-state index < -0.39 is 0 Å². The molecule has 1 atom stereocenters. The predicted octanol–water partition coefficient (Wildman–Crippen LogP) is 3.59. The van der Waals surface area contributed by atoms with Gasteiger partial charge in [0.15, 0.2) is 0 Å². The second-order valence-corrected chi connectivity index (χ2v) is 5.12. The molecule has 4 nitrogen and oxygen atoms in total. The first-order valence-corrected chi connectivity index (χ1v) is 7.39. The number of nitrogens with one attached hydrogen (secondary N) is 1. The summed E-state index contributed by atoms with van der Waals surface area (Å²) in [7, 11) is 3.19. The van der Waals surface area contributed by atoms with Crippen LogP contribution in [0.2, 0.25) is 0 Å². The zero-order valence-corrected chi connectivity index (χ0v) is 13.6. The standard InChI is InChI=1S/C19H21NO3/c1-14(16-7-5-4-6-8-16)20-19(21)10-9-15-11-17(22-2)13-18(12-15)23-3/h4-14H,1-3H3,(H,20,21)/b10-9+/t14-/m1/s1. The number of rotatable bonds is 6. The second kappa shape index (κ2) is 8.03. The lowest BCUT2D eigenvalue weighted by atomic mass is 10.1. The fourth-order valence-corrected chi connectivity index (χ4v) is 2.18. The number of ether oxygens (including phenoxy) is 2. The second-order valence-electron chi connectivity index (χ2n) is 5.12. The Balaban J connectivity index is 2.03. The first-order chi connectivity index (χ1) is 11.1. The first kappa shape index (κ1) is 16.6. The molecule has 0 spiro atoms. The van der Waals surface area contributed by atoms with E-state index in [-0.39, 0.29) is 11.9 Å². The SMILES string of the molecule is COc1cc(/C=C/C(=O)N[C@H](C)c2ccccc2)cc(OC)c1. The van der Waals surface area contributed by atoms with Crippen LogP contribution in [0.3, 0.4) is 0 Å². The van der Waals surface area contributed by atoms with Crippen molar-refractivity contribution in [3.8, 4) is 11.5 Å². The minimum absolute atomic E-state index is 0.0480. The largest absolute Gasteiger partial charge is 0.497 e. The van der Waals surface area contributed by atoms with Gasteiger partial charge in [0.25, 0.3) is 0 Å². The Morgan fingerprint density at radius 2 is 1.65 bits per heavy atom. The van der Waals surface area contributed by atoms with Crippen LogP contribution >= 0.6 is 0 Å². The third-order valence-corrected chi connectivity index (χ3v) is 3.46. The topological polar surface area (TPSA) is 47.6 Å². The maximum absolute atomic E-state index is 12.0. The van der Waals surface area contributed by atoms with Crippen molar-refractivity contribution < 1.29 is 14.3 Å². The van der Waals surface area contributed by atoms with E-state index in [1.165, 1.54) is 6.08 Å². The summed E-state index contributed by atoms with van der Waals surface area (Å²) in [6, 6.07) is 15.3. The average Bonchev–Trinajstić information content (AvgIpc) is 2.60. The highest BCUT2D eigenvalue weighted by molar-refractivity contribution is 5.92. The molecule has 2 rings (SSSR count). The fourth-order valence-electron chi connectivity index (χ4n) is 2.18. The Hall–Kier alpha value is -2.75. The molecule has 4 heteroatoms. The molecule has 0 saturated carbocycles. The summed E-state index contributed by atoms with van der Waals surface area (Å²) >= 11 is 0. The minimum Gasteiger partial charge on any atom is -0.497 e. The highest BCUT2D eigenvalue weighted by Crippen LogP contribution is 2.23. The molecule has 0 bridgehead atoms. The number of carbonyl (C=O) groups is 1. The number of benzene rings is 2. The summed E-state index contributed by atoms with van der Waals surface area (Å²) in [5.41, 5.74) is 1.90. The van der Waals surface area contributed by atoms with Crippen LogP contribution in [-0.2, 0) is 4.79 Å². The highest BCUT2D eigenvalue weighted by atomic mass is 16.5. The Morgan fingerprint density at radius 1 is 1.04 bits per heavy atom. The molecule has 1 N–H and O–H groups in total. The van der Waals surface area contributed by atoms with Gasteiger partial charge in [0, 0.05) is 12.1 Å². The lowest BCUT2D eigenvalue weighted by Gasteiger charge is -2.12. The smallest absolute Gasteiger partial charge is 0.244 e. The molecule has 0 fully saturated rings. The van der Waals surface area contributed by atoms with Gasteiger partial charge >= 0.3 is 0 Å². The van der Waals surface area contributed by atoms with E-state index in [0.717, 1.165) is 11.1 Å². The molecule has 0 saturated heterocycles. The lowest BCUT2D eigenvalue weighted by Crippen LogP contribution is -2.24. The summed E-state index contributed by atoms with van der Waals surface area (Å²) in [5, 5.41) is 2.94. The van der Waals surface area contributed by atoms with Crippen LogP contribution < -0.4 is 14.8 Å². The normalized spacial score (nSPS) is 12.0. The molecular formula is C19H21NO3. The van der Waals surface area contributed by atoms with E-state index >= 15 is 0 Å². The van der Waals surface area contributed by atoms with Crippen molar-refractivity contribution in [2.75, 3.05) is 14.2 Å². The van der Waals surface area contributed by atoms with Gasteiger partial charge in [0.1, 0.15) is 11.5 Å². The van der Waals surface area contributed by atoms with Gasteiger partial charge in [-0.3, -0.25) is 4.79 Å². The van der Waals surface area contributed by atoms with Crippen molar-refractivity contribution in [1.82, 2.24) is 5.32 Å². The number of carbonyl (C=O) groups excluding carboxylic acids is 1. The van der Waals surface area contributed by atoms with Gasteiger partial charge in [-0.05, 0) is 36.3 Å². The van der Waals surface area contributed by atoms with Gasteiger partial charge in [0.05, 0.1) is 20.3 Å². The van der Waals surface area contributed by atoms with E-state index in [4.69, 9.17) is 9.47 Å². The third-order valence-electron chi connectivity index (χ3n) is 3.46. The monoisotopic (exact) mass is 311 g/mol. The van der Waals surface area contributed by atoms with Gasteiger partial charge in [-0.1, -0.05) is 30.3 Å². The molecule has 23 heavy (non-hydrogen) atoms. The van der Waals surface area contributed by atoms with Crippen molar-refractivity contribution in [3.63, 3.8) is 0 Å². The van der Waals surface area contributed by atoms with Crippen molar-refractivity contribution in [2.45, 2.75) is 13.0 Å². The maximum Gasteiger partial charge on any atom is 0.244 e. The van der Waals surface area contributed by atoms with Crippen LogP contribution in [0.25, 0.3) is 6.08 Å². The molecule has 0 radical (unpaired) electrons. The number of methoxy groups -OCH3 is 2. The van der Waals surface area contributed by atoms with Crippen LogP contribution in [0.5, 0.6) is 11.5 Å². The van der Waals surface area contributed by atoms with E-state index in [2.05, 4.69) is 5.32 Å². The van der Waals surface area contributed by atoms with Crippen molar-refractivity contribution in [3.05, 3.63) is 65.7 Å². The molecule has 0 aliphatic rings. The summed E-state index contributed by atoms with van der Waals surface area (Å²) in [5.74, 6) is 1.22. The third kappa shape index (κ3) is 4.88. The first-order valence-electron chi connectivity index (χ1n) is 7.39. The van der Waals surface area contributed by atoms with Gasteiger partial charge < -0.3 is 14.8 Å². The zero-order valence-electron chi connectivity index (χ0n) is 13.6. The van der Waals surface area contributed by atoms with Crippen molar-refractivity contribution >= 4 is 12.0 Å². The van der Waals surface area contributed by atoms with Crippen LogP contribution in [-0.4, -0.2) is 20.1 Å². The number of hydrogen-bond acceptors (Lipinski definition) is 3. The molecule has 0 unspecified atom stereocenters. The summed E-state index contributed by atoms with van der Waals surface area (Å²) < 4.78 is 10.4. The Kier molecular flexibility index (Phi) is 5.80. The Labute approximate surface area is 136 Å². The molecule has 0 aliphatic heterocycles. The molecule has 2 aromatic carbocycles. The van der Waals surface area contributed by atoms with E-state index in [1.807, 2.05) is 49.4 Å². The number of amides is 1. The molecule has 1 amide bonds. The molecular weight excluding hydrogens is 290 g/mol. The van der Waals surface area contributed by atoms with Crippen LogP contribution in [0.4, 0.5) is 0 Å². The van der Waals surface area contributed by atoms with Gasteiger partial charge in [-0.25, -0.2) is 0 Å². The summed E-state index contributed by atoms with van der Waals surface area (Å²) in [4.78, 5) is 12.0. The van der Waals surface area contributed by atoms with Crippen LogP contribution in [0.1, 0.15) is 24.1 Å². The summed E-state index contributed by atoms with van der Waals surface area (Å²) in [6.07, 6.45) is 3.24. The van der Waals surface area contributed by atoms with Gasteiger partial charge in [-0.15, -0.1) is 0 Å². The molecule has 120 valence electrons. The minimum atomic E-state index is -0.150. The molecule has 0 aliphatic carbocycles. The highest BCUT2D eigenvalue weighted by Gasteiger charge is 2.06. The van der Waals surface area contributed by atoms with Crippen LogP contribution in [0.15, 0.2) is 54.6 Å². The molecule has 0 aromatic heterocycles. The Bertz CT molecular complexity index is 658. The van der Waals surface area contributed by atoms with Gasteiger partial charge in [-0.2, -0.15) is 0 Å². The van der Waals surface area contributed by atoms with Gasteiger partial charge in [0.2, 0.25) is 5.91 Å². The van der Waals surface area contributed by atoms with E-state index in [1.54, 1.807) is 26.4 Å². The van der Waals surface area contributed by atoms with E-state index in [9.17, 15) is 4.79 Å².